The Morgan fingerprint density at radius 3 is 2.78 bits per heavy atom. The number of amides is 1. The van der Waals surface area contributed by atoms with Gasteiger partial charge in [0.15, 0.2) is 5.96 Å². The molecule has 1 aromatic carbocycles. The first-order valence-electron chi connectivity index (χ1n) is 10.6. The van der Waals surface area contributed by atoms with Crippen LogP contribution in [-0.4, -0.2) is 69.8 Å². The fraction of sp³-hybridized carbons (Fsp3) is 0.364. The number of benzene rings is 1. The highest BCUT2D eigenvalue weighted by atomic mass is 16.5. The van der Waals surface area contributed by atoms with Gasteiger partial charge in [-0.2, -0.15) is 5.10 Å². The van der Waals surface area contributed by atoms with Gasteiger partial charge in [-0.1, -0.05) is 17.3 Å². The molecule has 1 amide bonds. The van der Waals surface area contributed by atoms with Crippen LogP contribution in [0.3, 0.4) is 0 Å². The third-order valence-electron chi connectivity index (χ3n) is 5.29. The van der Waals surface area contributed by atoms with E-state index in [0.717, 1.165) is 55.6 Å². The molecule has 1 aliphatic rings. The van der Waals surface area contributed by atoms with E-state index in [1.54, 1.807) is 36.5 Å². The minimum Gasteiger partial charge on any atom is -0.364 e. The summed E-state index contributed by atoms with van der Waals surface area (Å²) in [5, 5.41) is 14.4. The highest BCUT2D eigenvalue weighted by Crippen LogP contribution is 2.12. The van der Waals surface area contributed by atoms with Gasteiger partial charge in [0, 0.05) is 70.5 Å². The molecule has 0 bridgehead atoms. The molecule has 4 rings (SSSR count). The van der Waals surface area contributed by atoms with E-state index in [2.05, 4.69) is 35.7 Å². The van der Waals surface area contributed by atoms with Crippen LogP contribution < -0.4 is 10.6 Å². The molecule has 3 aromatic rings. The van der Waals surface area contributed by atoms with Gasteiger partial charge in [0.25, 0.3) is 0 Å². The van der Waals surface area contributed by atoms with Crippen LogP contribution in [0.2, 0.25) is 0 Å². The van der Waals surface area contributed by atoms with E-state index in [1.807, 2.05) is 30.3 Å². The van der Waals surface area contributed by atoms with Crippen LogP contribution in [0.25, 0.3) is 0 Å². The smallest absolute Gasteiger partial charge is 0.246 e. The number of carbonyl (C=O) groups excluding carboxylic acids is 1. The Hall–Kier alpha value is -3.66. The molecule has 168 valence electrons. The van der Waals surface area contributed by atoms with E-state index in [9.17, 15) is 4.79 Å². The normalized spacial score (nSPS) is 15.0. The number of aliphatic imine (C=N–C) groups is 1. The van der Waals surface area contributed by atoms with Crippen molar-refractivity contribution in [3.05, 3.63) is 66.3 Å². The van der Waals surface area contributed by atoms with Crippen LogP contribution in [0.15, 0.2) is 64.6 Å². The molecular weight excluding hydrogens is 408 g/mol. The van der Waals surface area contributed by atoms with E-state index in [4.69, 9.17) is 4.52 Å². The molecule has 0 radical (unpaired) electrons. The quantitative estimate of drug-likeness (QED) is 0.426. The van der Waals surface area contributed by atoms with E-state index < -0.39 is 0 Å². The summed E-state index contributed by atoms with van der Waals surface area (Å²) in [6.45, 7) is 5.26. The number of guanidine groups is 1. The summed E-state index contributed by atoms with van der Waals surface area (Å²) in [7, 11) is 1.80. The molecule has 0 aliphatic carbocycles. The van der Waals surface area contributed by atoms with Gasteiger partial charge in [-0.15, -0.1) is 0 Å². The zero-order chi connectivity index (χ0) is 22.2. The van der Waals surface area contributed by atoms with Gasteiger partial charge < -0.3 is 20.1 Å². The molecule has 0 spiro atoms. The van der Waals surface area contributed by atoms with Crippen molar-refractivity contribution in [3.8, 4) is 0 Å². The van der Waals surface area contributed by atoms with Crippen LogP contribution in [-0.2, 0) is 24.4 Å². The van der Waals surface area contributed by atoms with Crippen LogP contribution in [0.1, 0.15) is 11.3 Å². The second kappa shape index (κ2) is 10.6. The third-order valence-corrected chi connectivity index (χ3v) is 5.29. The van der Waals surface area contributed by atoms with Gasteiger partial charge in [0.1, 0.15) is 12.8 Å². The predicted molar refractivity (Wildman–Crippen MR) is 121 cm³/mol. The summed E-state index contributed by atoms with van der Waals surface area (Å²) in [5.41, 5.74) is 2.78. The summed E-state index contributed by atoms with van der Waals surface area (Å²) < 4.78 is 6.51. The van der Waals surface area contributed by atoms with Crippen molar-refractivity contribution >= 4 is 17.6 Å². The number of anilines is 1. The Bertz CT molecular complexity index is 1010. The number of rotatable bonds is 7. The Labute approximate surface area is 186 Å². The molecule has 3 heterocycles. The Morgan fingerprint density at radius 1 is 1.19 bits per heavy atom. The summed E-state index contributed by atoms with van der Waals surface area (Å²) in [6, 6.07) is 11.5. The first kappa shape index (κ1) is 21.6. The average Bonchev–Trinajstić information content (AvgIpc) is 3.50. The number of aromatic nitrogens is 3. The fourth-order valence-corrected chi connectivity index (χ4v) is 3.68. The van der Waals surface area contributed by atoms with Gasteiger partial charge in [-0.3, -0.25) is 19.4 Å². The number of piperazine rings is 1. The summed E-state index contributed by atoms with van der Waals surface area (Å²) >= 11 is 0. The van der Waals surface area contributed by atoms with Crippen molar-refractivity contribution in [2.75, 3.05) is 38.5 Å². The second-order valence-electron chi connectivity index (χ2n) is 7.61. The molecule has 32 heavy (non-hydrogen) atoms. The van der Waals surface area contributed by atoms with Gasteiger partial charge in [-0.25, -0.2) is 0 Å². The first-order chi connectivity index (χ1) is 15.7. The maximum Gasteiger partial charge on any atom is 0.246 e. The lowest BCUT2D eigenvalue weighted by Crippen LogP contribution is -2.52. The van der Waals surface area contributed by atoms with Gasteiger partial charge >= 0.3 is 0 Å². The number of hydrogen-bond donors (Lipinski definition) is 2. The summed E-state index contributed by atoms with van der Waals surface area (Å²) in [6.07, 6.45) is 5.03. The Balaban J connectivity index is 1.25. The van der Waals surface area contributed by atoms with Gasteiger partial charge in [0.2, 0.25) is 5.91 Å². The number of nitrogens with one attached hydrogen (secondary N) is 2. The highest BCUT2D eigenvalue weighted by molar-refractivity contribution is 5.90. The molecule has 0 saturated carbocycles. The monoisotopic (exact) mass is 436 g/mol. The topological polar surface area (TPSA) is 104 Å². The molecule has 10 nitrogen and oxygen atoms in total. The zero-order valence-electron chi connectivity index (χ0n) is 18.1. The molecule has 1 aliphatic heterocycles. The minimum absolute atomic E-state index is 0.113. The highest BCUT2D eigenvalue weighted by Gasteiger charge is 2.20. The maximum atomic E-state index is 12.2. The van der Waals surface area contributed by atoms with Crippen LogP contribution in [0.4, 0.5) is 5.69 Å². The number of hydrogen-bond acceptors (Lipinski definition) is 6. The summed E-state index contributed by atoms with van der Waals surface area (Å²) in [5.74, 6) is 0.761. The first-order valence-corrected chi connectivity index (χ1v) is 10.6. The van der Waals surface area contributed by atoms with Crippen LogP contribution in [0, 0.1) is 0 Å². The molecule has 1 saturated heterocycles. The van der Waals surface area contributed by atoms with E-state index in [1.165, 1.54) is 0 Å². The van der Waals surface area contributed by atoms with Crippen molar-refractivity contribution < 1.29 is 9.32 Å². The van der Waals surface area contributed by atoms with Gasteiger partial charge in [0.05, 0.1) is 5.69 Å². The van der Waals surface area contributed by atoms with Crippen molar-refractivity contribution in [3.63, 3.8) is 0 Å². The predicted octanol–water partition coefficient (Wildman–Crippen LogP) is 1.40. The lowest BCUT2D eigenvalue weighted by atomic mass is 10.2. The van der Waals surface area contributed by atoms with E-state index in [0.29, 0.717) is 6.54 Å². The van der Waals surface area contributed by atoms with Crippen LogP contribution in [0.5, 0.6) is 0 Å². The molecule has 10 heteroatoms. The largest absolute Gasteiger partial charge is 0.364 e. The van der Waals surface area contributed by atoms with E-state index >= 15 is 0 Å². The Kier molecular flexibility index (Phi) is 7.13. The molecule has 1 fully saturated rings. The second-order valence-corrected chi connectivity index (χ2v) is 7.61. The van der Waals surface area contributed by atoms with Crippen LogP contribution >= 0.6 is 0 Å². The molecule has 0 unspecified atom stereocenters. The van der Waals surface area contributed by atoms with E-state index in [-0.39, 0.29) is 12.5 Å². The number of nitrogens with zero attached hydrogens (tertiary/aromatic N) is 6. The lowest BCUT2D eigenvalue weighted by molar-refractivity contribution is -0.116. The lowest BCUT2D eigenvalue weighted by Gasteiger charge is -2.36. The number of carbonyl (C=O) groups is 1. The SMILES string of the molecule is CN=C(NCc1cccc(NC(=O)Cn2cccn2)c1)N1CCN(Cc2ccon2)CC1. The molecule has 0 atom stereocenters. The average molecular weight is 437 g/mol. The molecule has 2 aromatic heterocycles. The van der Waals surface area contributed by atoms with Gasteiger partial charge in [-0.05, 0) is 23.8 Å². The third kappa shape index (κ3) is 5.94. The molecular formula is C22H28N8O2. The summed E-state index contributed by atoms with van der Waals surface area (Å²) in [4.78, 5) is 21.3. The van der Waals surface area contributed by atoms with Crippen molar-refractivity contribution in [2.24, 2.45) is 4.99 Å². The Morgan fingerprint density at radius 2 is 2.06 bits per heavy atom. The molecule has 2 N–H and O–H groups in total. The maximum absolute atomic E-state index is 12.2. The van der Waals surface area contributed by atoms with Crippen molar-refractivity contribution in [2.45, 2.75) is 19.6 Å². The fourth-order valence-electron chi connectivity index (χ4n) is 3.68. The standard InChI is InChI=1S/C22H28N8O2/c1-23-22(29-11-9-28(10-12-29)16-20-6-13-32-27-20)24-15-18-4-2-5-19(14-18)26-21(31)17-30-8-3-7-25-30/h2-8,13-14H,9-12,15-17H2,1H3,(H,23,24)(H,26,31). The van der Waals surface area contributed by atoms with Crippen molar-refractivity contribution in [1.29, 1.82) is 0 Å². The zero-order valence-corrected chi connectivity index (χ0v) is 18.1. The minimum atomic E-state index is -0.113. The van der Waals surface area contributed by atoms with Crippen molar-refractivity contribution in [1.82, 2.24) is 30.1 Å².